The topological polar surface area (TPSA) is 66.8 Å². The predicted molar refractivity (Wildman–Crippen MR) is 113 cm³/mol. The van der Waals surface area contributed by atoms with Crippen molar-refractivity contribution in [1.82, 2.24) is 0 Å². The van der Waals surface area contributed by atoms with Crippen LogP contribution in [-0.2, 0) is 9.09 Å². The number of hydrogen-bond donors (Lipinski definition) is 2. The zero-order chi connectivity index (χ0) is 21.9. The van der Waals surface area contributed by atoms with Crippen molar-refractivity contribution in [1.29, 1.82) is 0 Å². The van der Waals surface area contributed by atoms with E-state index in [0.717, 1.165) is 6.42 Å². The highest BCUT2D eigenvalue weighted by Gasteiger charge is 2.62. The summed E-state index contributed by atoms with van der Waals surface area (Å²) in [4.78, 5) is 19.1. The van der Waals surface area contributed by atoms with E-state index in [1.807, 2.05) is 6.08 Å². The lowest BCUT2D eigenvalue weighted by Gasteiger charge is -2.65. The van der Waals surface area contributed by atoms with E-state index in [2.05, 4.69) is 83.1 Å². The van der Waals surface area contributed by atoms with Crippen LogP contribution in [0.2, 0.25) is 0 Å². The Hall–Kier alpha value is -0.310. The SMILES string of the molecule is CC(C)(C)C1(C(C)(C)C)C=C(OP(=O)(O)O)CC(C(C)(C)C)(C(C)(C)C)C1. The van der Waals surface area contributed by atoms with Crippen LogP contribution in [-0.4, -0.2) is 9.79 Å². The molecule has 1 aliphatic carbocycles. The quantitative estimate of drug-likeness (QED) is 0.491. The van der Waals surface area contributed by atoms with E-state index in [0.29, 0.717) is 12.2 Å². The van der Waals surface area contributed by atoms with Crippen LogP contribution in [0.15, 0.2) is 11.8 Å². The molecule has 0 saturated heterocycles. The Balaban J connectivity index is 3.93. The fourth-order valence-electron chi connectivity index (χ4n) is 5.70. The molecule has 4 nitrogen and oxygen atoms in total. The van der Waals surface area contributed by atoms with Crippen LogP contribution in [0.5, 0.6) is 0 Å². The van der Waals surface area contributed by atoms with E-state index in [9.17, 15) is 14.4 Å². The Morgan fingerprint density at radius 2 is 1.19 bits per heavy atom. The molecule has 5 heteroatoms. The minimum absolute atomic E-state index is 0.0786. The Kier molecular flexibility index (Phi) is 6.05. The van der Waals surface area contributed by atoms with Gasteiger partial charge in [0.1, 0.15) is 5.76 Å². The minimum atomic E-state index is -4.62. The summed E-state index contributed by atoms with van der Waals surface area (Å²) in [6.45, 7) is 26.8. The average molecular weight is 403 g/mol. The summed E-state index contributed by atoms with van der Waals surface area (Å²) in [5.41, 5.74) is -0.869. The normalized spacial score (nSPS) is 21.6. The Morgan fingerprint density at radius 1 is 0.815 bits per heavy atom. The second-order valence-corrected chi connectivity index (χ2v) is 13.8. The smallest absolute Gasteiger partial charge is 0.409 e. The molecule has 0 amide bonds. The first-order valence-corrected chi connectivity index (χ1v) is 11.5. The molecule has 0 spiro atoms. The van der Waals surface area contributed by atoms with Crippen molar-refractivity contribution >= 4 is 7.82 Å². The molecule has 0 aromatic rings. The summed E-state index contributed by atoms with van der Waals surface area (Å²) in [6.07, 6.45) is 3.51. The van der Waals surface area contributed by atoms with Crippen molar-refractivity contribution in [3.05, 3.63) is 11.8 Å². The van der Waals surface area contributed by atoms with Crippen molar-refractivity contribution in [2.24, 2.45) is 32.5 Å². The molecule has 0 aliphatic heterocycles. The third-order valence-electron chi connectivity index (χ3n) is 7.25. The number of hydrogen-bond acceptors (Lipinski definition) is 2. The van der Waals surface area contributed by atoms with Gasteiger partial charge >= 0.3 is 7.82 Å². The summed E-state index contributed by atoms with van der Waals surface area (Å²) in [5.74, 6) is 0.435. The van der Waals surface area contributed by atoms with Gasteiger partial charge in [0, 0.05) is 11.8 Å². The van der Waals surface area contributed by atoms with E-state index in [1.54, 1.807) is 0 Å². The highest BCUT2D eigenvalue weighted by Crippen LogP contribution is 2.70. The van der Waals surface area contributed by atoms with Crippen molar-refractivity contribution in [2.75, 3.05) is 0 Å². The zero-order valence-corrected chi connectivity index (χ0v) is 20.5. The Bertz CT molecular complexity index is 599. The second kappa shape index (κ2) is 6.61. The molecule has 0 atom stereocenters. The van der Waals surface area contributed by atoms with E-state index in [-0.39, 0.29) is 32.5 Å². The fourth-order valence-corrected chi connectivity index (χ4v) is 6.12. The standard InChI is InChI=1S/C22H43O4P/c1-17(2,3)21(18(4,5)6)13-16(26-27(23,24)25)14-22(15-21,19(7,8)9)20(10,11)12/h13H,14-15H2,1-12H3,(H2,23,24,25). The fraction of sp³-hybridized carbons (Fsp3) is 0.909. The summed E-state index contributed by atoms with van der Waals surface area (Å²) in [5, 5.41) is 0. The van der Waals surface area contributed by atoms with Crippen molar-refractivity contribution in [3.63, 3.8) is 0 Å². The number of rotatable bonds is 2. The minimum Gasteiger partial charge on any atom is -0.409 e. The molecule has 2 N–H and O–H groups in total. The van der Waals surface area contributed by atoms with Crippen LogP contribution in [0.25, 0.3) is 0 Å². The largest absolute Gasteiger partial charge is 0.524 e. The molecule has 27 heavy (non-hydrogen) atoms. The van der Waals surface area contributed by atoms with Gasteiger partial charge in [-0.3, -0.25) is 9.79 Å². The maximum Gasteiger partial charge on any atom is 0.524 e. The average Bonchev–Trinajstić information content (AvgIpc) is 2.30. The second-order valence-electron chi connectivity index (χ2n) is 12.6. The van der Waals surface area contributed by atoms with Gasteiger partial charge in [0.25, 0.3) is 0 Å². The molecule has 0 fully saturated rings. The molecule has 0 aromatic carbocycles. The third-order valence-corrected chi connectivity index (χ3v) is 7.72. The van der Waals surface area contributed by atoms with Gasteiger partial charge in [-0.05, 0) is 39.6 Å². The van der Waals surface area contributed by atoms with E-state index < -0.39 is 7.82 Å². The summed E-state index contributed by atoms with van der Waals surface area (Å²) in [7, 11) is -4.62. The Morgan fingerprint density at radius 3 is 1.44 bits per heavy atom. The van der Waals surface area contributed by atoms with Crippen LogP contribution >= 0.6 is 7.82 Å². The maximum atomic E-state index is 11.8. The maximum absolute atomic E-state index is 11.8. The first kappa shape index (κ1) is 24.7. The molecule has 0 radical (unpaired) electrons. The van der Waals surface area contributed by atoms with Gasteiger partial charge in [-0.15, -0.1) is 0 Å². The molecule has 1 aliphatic rings. The molecule has 0 unspecified atom stereocenters. The van der Waals surface area contributed by atoms with E-state index in [1.165, 1.54) is 0 Å². The highest BCUT2D eigenvalue weighted by molar-refractivity contribution is 7.46. The molecular formula is C22H43O4P. The molecule has 0 aromatic heterocycles. The van der Waals surface area contributed by atoms with Crippen LogP contribution in [0, 0.1) is 32.5 Å². The van der Waals surface area contributed by atoms with E-state index >= 15 is 0 Å². The third kappa shape index (κ3) is 4.49. The van der Waals surface area contributed by atoms with Crippen LogP contribution in [0.4, 0.5) is 0 Å². The summed E-state index contributed by atoms with van der Waals surface area (Å²) >= 11 is 0. The first-order valence-electron chi connectivity index (χ1n) is 9.96. The van der Waals surface area contributed by atoms with Crippen LogP contribution < -0.4 is 0 Å². The van der Waals surface area contributed by atoms with Gasteiger partial charge in [0.2, 0.25) is 0 Å². The predicted octanol–water partition coefficient (Wildman–Crippen LogP) is 6.93. The van der Waals surface area contributed by atoms with Gasteiger partial charge in [0.15, 0.2) is 0 Å². The number of phosphoric acid groups is 1. The van der Waals surface area contributed by atoms with Gasteiger partial charge in [0.05, 0.1) is 0 Å². The monoisotopic (exact) mass is 402 g/mol. The van der Waals surface area contributed by atoms with Gasteiger partial charge in [-0.25, -0.2) is 4.57 Å². The summed E-state index contributed by atoms with van der Waals surface area (Å²) in [6, 6.07) is 0. The van der Waals surface area contributed by atoms with Crippen LogP contribution in [0.3, 0.4) is 0 Å². The zero-order valence-electron chi connectivity index (χ0n) is 19.6. The molecule has 0 heterocycles. The van der Waals surface area contributed by atoms with Crippen molar-refractivity contribution < 1.29 is 18.9 Å². The molecule has 1 rings (SSSR count). The van der Waals surface area contributed by atoms with Crippen molar-refractivity contribution in [3.8, 4) is 0 Å². The lowest BCUT2D eigenvalue weighted by atomic mass is 9.40. The summed E-state index contributed by atoms with van der Waals surface area (Å²) < 4.78 is 17.0. The lowest BCUT2D eigenvalue weighted by Crippen LogP contribution is -2.57. The lowest BCUT2D eigenvalue weighted by molar-refractivity contribution is -0.133. The first-order chi connectivity index (χ1) is 11.5. The molecule has 160 valence electrons. The van der Waals surface area contributed by atoms with Gasteiger partial charge in [-0.1, -0.05) is 83.1 Å². The highest BCUT2D eigenvalue weighted by atomic mass is 31.2. The molecule has 0 bridgehead atoms. The molecular weight excluding hydrogens is 359 g/mol. The number of phosphoric ester groups is 1. The van der Waals surface area contributed by atoms with E-state index in [4.69, 9.17) is 4.52 Å². The Labute approximate surface area is 167 Å². The van der Waals surface area contributed by atoms with Gasteiger partial charge < -0.3 is 4.52 Å². The van der Waals surface area contributed by atoms with Crippen molar-refractivity contribution in [2.45, 2.75) is 95.9 Å². The van der Waals surface area contributed by atoms with Gasteiger partial charge in [-0.2, -0.15) is 0 Å². The number of allylic oxidation sites excluding steroid dienone is 2. The van der Waals surface area contributed by atoms with Crippen LogP contribution in [0.1, 0.15) is 95.9 Å². The molecule has 0 saturated carbocycles.